The van der Waals surface area contributed by atoms with Crippen LogP contribution in [0.3, 0.4) is 0 Å². The van der Waals surface area contributed by atoms with Crippen LogP contribution >= 0.6 is 15.9 Å². The lowest BCUT2D eigenvalue weighted by Gasteiger charge is -2.23. The Labute approximate surface area is 498 Å². The summed E-state index contributed by atoms with van der Waals surface area (Å²) >= 11 is 3.16. The average Bonchev–Trinajstić information content (AvgIpc) is 1.90. The molecule has 5 heterocycles. The summed E-state index contributed by atoms with van der Waals surface area (Å²) < 4.78 is 34.0. The molecule has 2 N–H and O–H groups in total. The standard InChI is InChI=1S/C67H59BrN11O6/c1-77(2,3)40-16-10-19-44(34-40)83-53-25-13-22-49-56(53)64-71-59-48-33-32-47(82-43-30-28-39(29-31-43)67(80)81-38-68)37-52(48)63(69-59)76-66-58-51(24-15-27-55(58)85-46-21-12-18-42(36-46)79(7,8)9)62(75-66)74-65-57-50(61(73-65)70-60(49)72-64)23-14-26-54(57)84-45-20-11-17-41(35-45)78(4,5)6/h10-37H,38H2,1-9H3,(H2,69,70,71,72,73,74,75,76)/q+3. The van der Waals surface area contributed by atoms with E-state index in [0.29, 0.717) is 149 Å². The number of halogens is 1. The number of hydrogen-bond acceptors (Lipinski definition) is 12. The summed E-state index contributed by atoms with van der Waals surface area (Å²) in [6.45, 7) is 0. The molecule has 13 rings (SSSR count). The van der Waals surface area contributed by atoms with E-state index in [1.807, 2.05) is 127 Å². The number of hydrogen-bond donors (Lipinski definition) is 2. The molecule has 0 amide bonds. The lowest BCUT2D eigenvalue weighted by molar-refractivity contribution is 0.0584. The molecular formula is C67H59BrN11O6+3. The van der Waals surface area contributed by atoms with Gasteiger partial charge in [-0.15, -0.1) is 0 Å². The molecule has 0 atom stereocenters. The van der Waals surface area contributed by atoms with E-state index in [0.717, 1.165) is 22.4 Å². The molecule has 8 bridgehead atoms. The van der Waals surface area contributed by atoms with Crippen molar-refractivity contribution < 1.29 is 28.5 Å². The van der Waals surface area contributed by atoms with Crippen LogP contribution in [-0.4, -0.2) is 115 Å². The highest BCUT2D eigenvalue weighted by atomic mass is 79.9. The van der Waals surface area contributed by atoms with Gasteiger partial charge in [0.2, 0.25) is 0 Å². The Bertz CT molecular complexity index is 4680. The van der Waals surface area contributed by atoms with Crippen molar-refractivity contribution in [2.75, 3.05) is 68.9 Å². The van der Waals surface area contributed by atoms with E-state index in [-0.39, 0.29) is 5.52 Å². The van der Waals surface area contributed by atoms with Crippen LogP contribution in [0.5, 0.6) is 46.0 Å². The van der Waals surface area contributed by atoms with Crippen molar-refractivity contribution in [2.24, 2.45) is 0 Å². The molecule has 0 fully saturated rings. The molecule has 18 heteroatoms. The molecule has 11 aromatic rings. The second kappa shape index (κ2) is 21.1. The summed E-state index contributed by atoms with van der Waals surface area (Å²) in [5, 5.41) is 2.77. The van der Waals surface area contributed by atoms with Crippen molar-refractivity contribution in [1.29, 1.82) is 0 Å². The number of alkyl halides is 1. The zero-order valence-electron chi connectivity index (χ0n) is 48.2. The zero-order valence-corrected chi connectivity index (χ0v) is 49.8. The van der Waals surface area contributed by atoms with Crippen LogP contribution in [0.25, 0.3) is 89.7 Å². The van der Waals surface area contributed by atoms with Gasteiger partial charge in [-0.1, -0.05) is 54.6 Å². The normalized spacial score (nSPS) is 12.2. The van der Waals surface area contributed by atoms with Gasteiger partial charge < -0.3 is 33.7 Å². The molecule has 3 aromatic heterocycles. The Hall–Kier alpha value is -9.85. The number of carbonyl (C=O) groups is 1. The smallest absolute Gasteiger partial charge is 0.338 e. The molecular weight excluding hydrogens is 1130 g/mol. The van der Waals surface area contributed by atoms with Gasteiger partial charge in [0.25, 0.3) is 0 Å². The molecule has 0 radical (unpaired) electrons. The first-order valence-corrected chi connectivity index (χ1v) is 28.6. The van der Waals surface area contributed by atoms with Crippen LogP contribution in [0, 0.1) is 0 Å². The van der Waals surface area contributed by atoms with E-state index in [1.165, 1.54) is 0 Å². The van der Waals surface area contributed by atoms with Gasteiger partial charge in [-0.25, -0.2) is 34.7 Å². The first kappa shape index (κ1) is 54.4. The maximum absolute atomic E-state index is 12.5. The Morgan fingerprint density at radius 3 is 1.35 bits per heavy atom. The Balaban J connectivity index is 1.09. The fourth-order valence-corrected chi connectivity index (χ4v) is 10.5. The van der Waals surface area contributed by atoms with Crippen LogP contribution in [0.2, 0.25) is 0 Å². The molecule has 0 unspecified atom stereocenters. The highest BCUT2D eigenvalue weighted by Gasteiger charge is 2.29. The fourth-order valence-electron chi connectivity index (χ4n) is 10.3. The number of esters is 1. The summed E-state index contributed by atoms with van der Waals surface area (Å²) in [6.07, 6.45) is 0. The van der Waals surface area contributed by atoms with E-state index in [9.17, 15) is 4.79 Å². The Morgan fingerprint density at radius 1 is 0.400 bits per heavy atom. The summed E-state index contributed by atoms with van der Waals surface area (Å²) in [5.74, 6) is 5.50. The molecule has 0 aliphatic carbocycles. The van der Waals surface area contributed by atoms with Crippen LogP contribution < -0.4 is 32.4 Å². The van der Waals surface area contributed by atoms with Gasteiger partial charge in [-0.2, -0.15) is 0 Å². The van der Waals surface area contributed by atoms with Crippen molar-refractivity contribution in [3.05, 3.63) is 175 Å². The number of quaternary nitrogens is 3. The van der Waals surface area contributed by atoms with Crippen LogP contribution in [0.4, 0.5) is 17.1 Å². The van der Waals surface area contributed by atoms with E-state index >= 15 is 0 Å². The molecule has 8 aromatic carbocycles. The molecule has 17 nitrogen and oxygen atoms in total. The molecule has 422 valence electrons. The molecule has 0 saturated heterocycles. The van der Waals surface area contributed by atoms with Crippen molar-refractivity contribution in [2.45, 2.75) is 0 Å². The SMILES string of the molecule is C[N+](C)(C)c1cccc(Oc2cccc3c2-c2nc-3nc3[nH]c(nc4nc(nc5[nH]c(n2)c2ccc(Oc6ccc(C(=O)OCBr)cc6)cc52)-c2c(Oc5cccc([N+](C)(C)C)c5)cccc2-4)c2c(Oc4cccc([N+](C)(C)C)c4)cccc32)c1. The fraction of sp³-hybridized carbons (Fsp3) is 0.149. The number of aromatic nitrogens is 8. The number of benzene rings is 8. The minimum Gasteiger partial charge on any atom is -0.457 e. The number of ether oxygens (including phenoxy) is 5. The Kier molecular flexibility index (Phi) is 13.5. The van der Waals surface area contributed by atoms with E-state index < -0.39 is 5.97 Å². The number of nitrogens with one attached hydrogen (secondary N) is 2. The van der Waals surface area contributed by atoms with E-state index in [2.05, 4.69) is 108 Å². The molecule has 85 heavy (non-hydrogen) atoms. The van der Waals surface area contributed by atoms with E-state index in [1.54, 1.807) is 24.3 Å². The molecule has 0 saturated carbocycles. The third-order valence-corrected chi connectivity index (χ3v) is 15.0. The number of rotatable bonds is 13. The zero-order chi connectivity index (χ0) is 58.9. The number of H-pyrrole nitrogens is 2. The monoisotopic (exact) mass is 1190 g/mol. The predicted octanol–water partition coefficient (Wildman–Crippen LogP) is 15.1. The third kappa shape index (κ3) is 10.7. The lowest BCUT2D eigenvalue weighted by Crippen LogP contribution is -2.34. The van der Waals surface area contributed by atoms with Crippen molar-refractivity contribution in [1.82, 2.24) is 53.3 Å². The second-order valence-electron chi connectivity index (χ2n) is 23.4. The lowest BCUT2D eigenvalue weighted by atomic mass is 10.1. The topological polar surface area (TPSA) is 172 Å². The summed E-state index contributed by atoms with van der Waals surface area (Å²) in [6, 6.07) is 54.1. The first-order chi connectivity index (χ1) is 40.8. The highest BCUT2D eigenvalue weighted by Crippen LogP contribution is 2.46. The van der Waals surface area contributed by atoms with Crippen molar-refractivity contribution in [3.8, 4) is 91.5 Å². The number of nitrogens with zero attached hydrogens (tertiary/aromatic N) is 9. The van der Waals surface area contributed by atoms with E-state index in [4.69, 9.17) is 53.6 Å². The van der Waals surface area contributed by atoms with Gasteiger partial charge in [0.1, 0.15) is 91.2 Å². The molecule has 0 spiro atoms. The minimum absolute atomic E-state index is 0.0807. The summed E-state index contributed by atoms with van der Waals surface area (Å²) in [7, 11) is 19.0. The van der Waals surface area contributed by atoms with Gasteiger partial charge in [0, 0.05) is 45.5 Å². The van der Waals surface area contributed by atoms with Crippen molar-refractivity contribution in [3.63, 3.8) is 0 Å². The maximum atomic E-state index is 12.5. The molecule has 2 aliphatic heterocycles. The number of aromatic amines is 2. The largest absolute Gasteiger partial charge is 0.457 e. The van der Waals surface area contributed by atoms with Gasteiger partial charge in [-0.3, -0.25) is 13.4 Å². The quantitative estimate of drug-likeness (QED) is 0.0637. The summed E-state index contributed by atoms with van der Waals surface area (Å²) in [5.41, 5.74) is 8.07. The predicted molar refractivity (Wildman–Crippen MR) is 340 cm³/mol. The second-order valence-corrected chi connectivity index (χ2v) is 23.8. The van der Waals surface area contributed by atoms with Gasteiger partial charge in [0.15, 0.2) is 23.3 Å². The maximum Gasteiger partial charge on any atom is 0.338 e. The number of carbonyl (C=O) groups excluding carboxylic acids is 1. The third-order valence-electron chi connectivity index (χ3n) is 14.7. The van der Waals surface area contributed by atoms with Gasteiger partial charge in [0.05, 0.1) is 85.5 Å². The highest BCUT2D eigenvalue weighted by molar-refractivity contribution is 9.09. The molecule has 2 aliphatic rings. The van der Waals surface area contributed by atoms with Crippen LogP contribution in [0.1, 0.15) is 10.4 Å². The van der Waals surface area contributed by atoms with Gasteiger partial charge >= 0.3 is 5.97 Å². The minimum atomic E-state index is -0.459. The average molecular weight is 1190 g/mol. The number of fused-ring (bicyclic) bond motifs is 20. The van der Waals surface area contributed by atoms with Gasteiger partial charge in [-0.05, 0) is 113 Å². The van der Waals surface area contributed by atoms with Crippen LogP contribution in [-0.2, 0) is 4.74 Å². The Morgan fingerprint density at radius 2 is 0.824 bits per heavy atom. The van der Waals surface area contributed by atoms with Crippen molar-refractivity contribution >= 4 is 83.1 Å². The van der Waals surface area contributed by atoms with Crippen LogP contribution in [0.15, 0.2) is 170 Å². The summed E-state index contributed by atoms with van der Waals surface area (Å²) in [4.78, 5) is 51.9. The first-order valence-electron chi connectivity index (χ1n) is 27.5.